The number of hydrogen-bond acceptors (Lipinski definition) is 4. The molecule has 1 fully saturated rings. The largest absolute Gasteiger partial charge is 0.391 e. The lowest BCUT2D eigenvalue weighted by molar-refractivity contribution is -0.0356. The molecule has 0 aromatic heterocycles. The molecule has 0 saturated heterocycles. The number of aliphatic hydroxyl groups is 1. The minimum absolute atomic E-state index is 0.143. The summed E-state index contributed by atoms with van der Waals surface area (Å²) < 4.78 is 22.2. The van der Waals surface area contributed by atoms with Gasteiger partial charge in [-0.2, -0.15) is 0 Å². The van der Waals surface area contributed by atoms with Gasteiger partial charge in [0.05, 0.1) is 6.10 Å². The van der Waals surface area contributed by atoms with Crippen LogP contribution in [0.3, 0.4) is 0 Å². The maximum Gasteiger partial charge on any atom is 0.147 e. The van der Waals surface area contributed by atoms with Gasteiger partial charge in [0.1, 0.15) is 9.84 Å². The molecule has 0 amide bonds. The van der Waals surface area contributed by atoms with E-state index in [1.807, 2.05) is 14.1 Å². The first-order valence-corrected chi connectivity index (χ1v) is 8.87. The third-order valence-corrected chi connectivity index (χ3v) is 5.25. The Morgan fingerprint density at radius 1 is 1.22 bits per heavy atom. The van der Waals surface area contributed by atoms with Crippen molar-refractivity contribution in [2.45, 2.75) is 56.6 Å². The molecule has 108 valence electrons. The Balaban J connectivity index is 2.57. The van der Waals surface area contributed by atoms with E-state index in [0.717, 1.165) is 25.7 Å². The normalized spacial score (nSPS) is 22.1. The molecular formula is C13H27NO3S. The van der Waals surface area contributed by atoms with E-state index < -0.39 is 15.9 Å². The van der Waals surface area contributed by atoms with Crippen LogP contribution in [0.2, 0.25) is 0 Å². The Kier molecular flexibility index (Phi) is 5.62. The van der Waals surface area contributed by atoms with Crippen LogP contribution in [-0.4, -0.2) is 56.2 Å². The predicted molar refractivity (Wildman–Crippen MR) is 74.5 cm³/mol. The molecule has 1 saturated carbocycles. The smallest absolute Gasteiger partial charge is 0.147 e. The average Bonchev–Trinajstić information content (AvgIpc) is 2.27. The summed E-state index contributed by atoms with van der Waals surface area (Å²) in [5, 5.41) is 10.5. The summed E-state index contributed by atoms with van der Waals surface area (Å²) >= 11 is 0. The molecule has 1 aliphatic carbocycles. The molecule has 1 atom stereocenters. The highest BCUT2D eigenvalue weighted by atomic mass is 32.2. The molecule has 0 radical (unpaired) electrons. The third-order valence-electron chi connectivity index (χ3n) is 4.22. The van der Waals surface area contributed by atoms with Crippen LogP contribution in [0.4, 0.5) is 0 Å². The summed E-state index contributed by atoms with van der Waals surface area (Å²) in [5.41, 5.74) is -0.143. The number of rotatable bonds is 6. The van der Waals surface area contributed by atoms with Crippen LogP contribution in [0.1, 0.15) is 44.9 Å². The second-order valence-electron chi connectivity index (χ2n) is 5.85. The van der Waals surface area contributed by atoms with Gasteiger partial charge in [-0.1, -0.05) is 19.3 Å². The lowest BCUT2D eigenvalue weighted by Crippen LogP contribution is -2.54. The van der Waals surface area contributed by atoms with Crippen molar-refractivity contribution >= 4 is 9.84 Å². The first kappa shape index (κ1) is 15.9. The standard InChI is InChI=1S/C13H27NO3S/c1-14(2)13(9-5-4-6-10-13)12(15)8-7-11-18(3,16)17/h12,15H,4-11H2,1-3H3. The van der Waals surface area contributed by atoms with Crippen molar-refractivity contribution in [1.82, 2.24) is 4.90 Å². The maximum atomic E-state index is 11.1. The van der Waals surface area contributed by atoms with E-state index in [0.29, 0.717) is 12.8 Å². The zero-order valence-corrected chi connectivity index (χ0v) is 12.7. The molecule has 0 spiro atoms. The summed E-state index contributed by atoms with van der Waals surface area (Å²) in [7, 11) is 1.12. The summed E-state index contributed by atoms with van der Waals surface area (Å²) in [6, 6.07) is 0. The van der Waals surface area contributed by atoms with Gasteiger partial charge in [-0.15, -0.1) is 0 Å². The van der Waals surface area contributed by atoms with Gasteiger partial charge in [0, 0.05) is 17.5 Å². The van der Waals surface area contributed by atoms with Gasteiger partial charge in [0.25, 0.3) is 0 Å². The lowest BCUT2D eigenvalue weighted by Gasteiger charge is -2.46. The number of nitrogens with zero attached hydrogens (tertiary/aromatic N) is 1. The average molecular weight is 277 g/mol. The molecule has 1 rings (SSSR count). The molecule has 1 aliphatic rings. The molecule has 0 aliphatic heterocycles. The molecule has 4 nitrogen and oxygen atoms in total. The topological polar surface area (TPSA) is 57.6 Å². The van der Waals surface area contributed by atoms with Gasteiger partial charge < -0.3 is 10.0 Å². The zero-order valence-electron chi connectivity index (χ0n) is 11.9. The van der Waals surface area contributed by atoms with Crippen LogP contribution < -0.4 is 0 Å². The van der Waals surface area contributed by atoms with Crippen LogP contribution in [0, 0.1) is 0 Å². The molecule has 0 aromatic carbocycles. The summed E-state index contributed by atoms with van der Waals surface area (Å²) in [6.07, 6.45) is 7.53. The van der Waals surface area contributed by atoms with E-state index in [1.165, 1.54) is 12.7 Å². The van der Waals surface area contributed by atoms with Crippen LogP contribution in [0.5, 0.6) is 0 Å². The quantitative estimate of drug-likeness (QED) is 0.798. The van der Waals surface area contributed by atoms with Crippen molar-refractivity contribution in [2.75, 3.05) is 26.1 Å². The van der Waals surface area contributed by atoms with E-state index in [2.05, 4.69) is 4.90 Å². The van der Waals surface area contributed by atoms with Crippen LogP contribution in [-0.2, 0) is 9.84 Å². The summed E-state index contributed by atoms with van der Waals surface area (Å²) in [6.45, 7) is 0. The van der Waals surface area contributed by atoms with Gasteiger partial charge in [-0.25, -0.2) is 8.42 Å². The van der Waals surface area contributed by atoms with E-state index in [4.69, 9.17) is 0 Å². The van der Waals surface area contributed by atoms with Crippen LogP contribution >= 0.6 is 0 Å². The molecule has 0 bridgehead atoms. The minimum Gasteiger partial charge on any atom is -0.391 e. The maximum absolute atomic E-state index is 11.1. The van der Waals surface area contributed by atoms with Crippen LogP contribution in [0.15, 0.2) is 0 Å². The Morgan fingerprint density at radius 2 is 1.78 bits per heavy atom. The number of likely N-dealkylation sites (N-methyl/N-ethyl adjacent to an activating group) is 1. The van der Waals surface area contributed by atoms with Gasteiger partial charge in [0.15, 0.2) is 0 Å². The van der Waals surface area contributed by atoms with E-state index in [9.17, 15) is 13.5 Å². The highest BCUT2D eigenvalue weighted by Crippen LogP contribution is 2.36. The Hall–Kier alpha value is -0.130. The third kappa shape index (κ3) is 4.21. The zero-order chi connectivity index (χ0) is 13.8. The van der Waals surface area contributed by atoms with Crippen molar-refractivity contribution in [1.29, 1.82) is 0 Å². The fourth-order valence-corrected chi connectivity index (χ4v) is 3.74. The highest BCUT2D eigenvalue weighted by molar-refractivity contribution is 7.90. The number of sulfone groups is 1. The van der Waals surface area contributed by atoms with Crippen LogP contribution in [0.25, 0.3) is 0 Å². The Bertz CT molecular complexity index is 345. The molecule has 1 N–H and O–H groups in total. The van der Waals surface area contributed by atoms with Gasteiger partial charge >= 0.3 is 0 Å². The second-order valence-corrected chi connectivity index (χ2v) is 8.11. The SMILES string of the molecule is CN(C)C1(C(O)CCCS(C)(=O)=O)CCCCC1. The van der Waals surface area contributed by atoms with E-state index in [-0.39, 0.29) is 11.3 Å². The number of hydrogen-bond donors (Lipinski definition) is 1. The molecule has 0 heterocycles. The van der Waals surface area contributed by atoms with Crippen molar-refractivity contribution in [2.24, 2.45) is 0 Å². The second kappa shape index (κ2) is 6.35. The molecule has 1 unspecified atom stereocenters. The first-order chi connectivity index (χ1) is 8.28. The molecular weight excluding hydrogens is 250 g/mol. The summed E-state index contributed by atoms with van der Waals surface area (Å²) in [4.78, 5) is 2.14. The van der Waals surface area contributed by atoms with Crippen molar-refractivity contribution in [3.05, 3.63) is 0 Å². The minimum atomic E-state index is -2.92. The van der Waals surface area contributed by atoms with Gasteiger partial charge in [-0.3, -0.25) is 0 Å². The van der Waals surface area contributed by atoms with E-state index in [1.54, 1.807) is 0 Å². The first-order valence-electron chi connectivity index (χ1n) is 6.81. The predicted octanol–water partition coefficient (Wildman–Crippen LogP) is 1.44. The van der Waals surface area contributed by atoms with Gasteiger partial charge in [-0.05, 0) is 39.8 Å². The number of aliphatic hydroxyl groups excluding tert-OH is 1. The summed E-state index contributed by atoms with van der Waals surface area (Å²) in [5.74, 6) is 0.174. The van der Waals surface area contributed by atoms with E-state index >= 15 is 0 Å². The van der Waals surface area contributed by atoms with Crippen molar-refractivity contribution in [3.63, 3.8) is 0 Å². The molecule has 18 heavy (non-hydrogen) atoms. The Morgan fingerprint density at radius 3 is 2.22 bits per heavy atom. The molecule has 0 aromatic rings. The van der Waals surface area contributed by atoms with Crippen molar-refractivity contribution < 1.29 is 13.5 Å². The van der Waals surface area contributed by atoms with Crippen molar-refractivity contribution in [3.8, 4) is 0 Å². The van der Waals surface area contributed by atoms with Gasteiger partial charge in [0.2, 0.25) is 0 Å². The lowest BCUT2D eigenvalue weighted by atomic mass is 9.75. The molecule has 5 heteroatoms. The Labute approximate surface area is 111 Å². The highest BCUT2D eigenvalue weighted by Gasteiger charge is 2.40. The fourth-order valence-electron chi connectivity index (χ4n) is 3.05. The fraction of sp³-hybridized carbons (Fsp3) is 1.00. The monoisotopic (exact) mass is 277 g/mol.